The van der Waals surface area contributed by atoms with Crippen molar-refractivity contribution in [3.05, 3.63) is 24.3 Å². The minimum atomic E-state index is -0.0885. The molecule has 0 radical (unpaired) electrons. The number of hydrogen-bond donors (Lipinski definition) is 1. The van der Waals surface area contributed by atoms with Crippen molar-refractivity contribution in [3.63, 3.8) is 0 Å². The van der Waals surface area contributed by atoms with E-state index in [9.17, 15) is 9.59 Å². The molecule has 0 aromatic heterocycles. The molecule has 1 fully saturated rings. The van der Waals surface area contributed by atoms with E-state index in [1.165, 1.54) is 44.9 Å². The Balaban J connectivity index is 1.99. The Bertz CT molecular complexity index is 602. The van der Waals surface area contributed by atoms with Crippen LogP contribution in [0, 0.1) is 11.8 Å². The number of nitrogens with two attached hydrogens (primary N) is 1. The second-order valence-electron chi connectivity index (χ2n) is 10.3. The molecule has 0 saturated carbocycles. The fraction of sp³-hybridized carbons (Fsp3) is 0.800. The highest BCUT2D eigenvalue weighted by Gasteiger charge is 2.32. The monoisotopic (exact) mass is 490 g/mol. The van der Waals surface area contributed by atoms with E-state index in [2.05, 4.69) is 38.2 Å². The molecule has 35 heavy (non-hydrogen) atoms. The number of hydrogen-bond acceptors (Lipinski definition) is 4. The van der Waals surface area contributed by atoms with Gasteiger partial charge in [0, 0.05) is 31.8 Å². The van der Waals surface area contributed by atoms with E-state index in [0.29, 0.717) is 38.5 Å². The number of ether oxygens (including phenoxy) is 1. The second-order valence-corrected chi connectivity index (χ2v) is 10.3. The molecular formula is C30H54N2O3. The predicted octanol–water partition coefficient (Wildman–Crippen LogP) is 6.96. The molecule has 0 aromatic carbocycles. The van der Waals surface area contributed by atoms with Gasteiger partial charge in [-0.3, -0.25) is 9.59 Å². The summed E-state index contributed by atoms with van der Waals surface area (Å²) in [5, 5.41) is 0. The van der Waals surface area contributed by atoms with Crippen molar-refractivity contribution in [2.24, 2.45) is 17.6 Å². The van der Waals surface area contributed by atoms with Gasteiger partial charge in [-0.05, 0) is 63.8 Å². The van der Waals surface area contributed by atoms with Crippen LogP contribution in [0.3, 0.4) is 0 Å². The van der Waals surface area contributed by atoms with Crippen LogP contribution < -0.4 is 5.73 Å². The highest BCUT2D eigenvalue weighted by Crippen LogP contribution is 2.24. The second kappa shape index (κ2) is 21.6. The van der Waals surface area contributed by atoms with Gasteiger partial charge in [0.25, 0.3) is 0 Å². The first-order valence-corrected chi connectivity index (χ1v) is 14.5. The molecule has 1 heterocycles. The highest BCUT2D eigenvalue weighted by molar-refractivity contribution is 5.76. The number of amides is 1. The number of allylic oxidation sites excluding steroid dienone is 4. The third-order valence-corrected chi connectivity index (χ3v) is 7.01. The van der Waals surface area contributed by atoms with Gasteiger partial charge in [-0.15, -0.1) is 0 Å². The van der Waals surface area contributed by atoms with Crippen molar-refractivity contribution in [2.45, 2.75) is 117 Å². The van der Waals surface area contributed by atoms with Crippen LogP contribution in [-0.2, 0) is 14.3 Å². The molecule has 1 rings (SSSR count). The first-order valence-electron chi connectivity index (χ1n) is 14.5. The van der Waals surface area contributed by atoms with Crippen LogP contribution in [0.4, 0.5) is 0 Å². The maximum absolute atomic E-state index is 12.4. The third kappa shape index (κ3) is 16.6. The minimum Gasteiger partial charge on any atom is -0.465 e. The number of rotatable bonds is 21. The first-order chi connectivity index (χ1) is 17.1. The lowest BCUT2D eigenvalue weighted by molar-refractivity contribution is -0.145. The summed E-state index contributed by atoms with van der Waals surface area (Å²) in [6.07, 6.45) is 26.2. The van der Waals surface area contributed by atoms with Crippen molar-refractivity contribution in [2.75, 3.05) is 26.2 Å². The summed E-state index contributed by atoms with van der Waals surface area (Å²) in [5.41, 5.74) is 5.51. The zero-order valence-corrected chi connectivity index (χ0v) is 22.9. The SMILES string of the molecule is CCCCC/C=C\C/C=C\CCCCCCCC(=O)OC[C@@H]1CN(C(=O)CCCCCN)C[C@H]1C. The van der Waals surface area contributed by atoms with Gasteiger partial charge in [0.15, 0.2) is 0 Å². The van der Waals surface area contributed by atoms with Gasteiger partial charge in [0.05, 0.1) is 6.61 Å². The molecule has 1 aliphatic rings. The molecule has 5 nitrogen and oxygen atoms in total. The van der Waals surface area contributed by atoms with Gasteiger partial charge >= 0.3 is 5.97 Å². The smallest absolute Gasteiger partial charge is 0.305 e. The zero-order chi connectivity index (χ0) is 25.6. The van der Waals surface area contributed by atoms with Crippen LogP contribution in [0.25, 0.3) is 0 Å². The van der Waals surface area contributed by atoms with Crippen molar-refractivity contribution < 1.29 is 14.3 Å². The van der Waals surface area contributed by atoms with Crippen molar-refractivity contribution in [3.8, 4) is 0 Å². The Morgan fingerprint density at radius 1 is 0.829 bits per heavy atom. The molecule has 0 spiro atoms. The molecule has 2 atom stereocenters. The van der Waals surface area contributed by atoms with Gasteiger partial charge in [-0.2, -0.15) is 0 Å². The number of likely N-dealkylation sites (tertiary alicyclic amines) is 1. The quantitative estimate of drug-likeness (QED) is 0.107. The summed E-state index contributed by atoms with van der Waals surface area (Å²) in [6, 6.07) is 0. The molecule has 1 aliphatic heterocycles. The molecule has 0 bridgehead atoms. The van der Waals surface area contributed by atoms with E-state index < -0.39 is 0 Å². The van der Waals surface area contributed by atoms with E-state index in [0.717, 1.165) is 51.5 Å². The molecule has 0 unspecified atom stereocenters. The fourth-order valence-corrected chi connectivity index (χ4v) is 4.56. The number of nitrogens with zero attached hydrogens (tertiary/aromatic N) is 1. The predicted molar refractivity (Wildman–Crippen MR) is 147 cm³/mol. The summed E-state index contributed by atoms with van der Waals surface area (Å²) in [5.74, 6) is 0.783. The van der Waals surface area contributed by atoms with E-state index in [-0.39, 0.29) is 17.8 Å². The topological polar surface area (TPSA) is 72.6 Å². The van der Waals surface area contributed by atoms with Crippen LogP contribution >= 0.6 is 0 Å². The van der Waals surface area contributed by atoms with Crippen LogP contribution in [0.5, 0.6) is 0 Å². The average molecular weight is 491 g/mol. The van der Waals surface area contributed by atoms with Crippen molar-refractivity contribution >= 4 is 11.9 Å². The Hall–Kier alpha value is -1.62. The summed E-state index contributed by atoms with van der Waals surface area (Å²) in [4.78, 5) is 26.5. The lowest BCUT2D eigenvalue weighted by Crippen LogP contribution is -2.29. The molecule has 1 saturated heterocycles. The van der Waals surface area contributed by atoms with Gasteiger partial charge < -0.3 is 15.4 Å². The van der Waals surface area contributed by atoms with Crippen LogP contribution in [0.1, 0.15) is 117 Å². The van der Waals surface area contributed by atoms with Crippen molar-refractivity contribution in [1.29, 1.82) is 0 Å². The number of carbonyl (C=O) groups excluding carboxylic acids is 2. The first kappa shape index (κ1) is 31.4. The van der Waals surface area contributed by atoms with E-state index in [1.54, 1.807) is 0 Å². The van der Waals surface area contributed by atoms with Gasteiger partial charge in [0.1, 0.15) is 0 Å². The molecule has 2 N–H and O–H groups in total. The highest BCUT2D eigenvalue weighted by atomic mass is 16.5. The van der Waals surface area contributed by atoms with Gasteiger partial charge in [-0.1, -0.05) is 76.7 Å². The largest absolute Gasteiger partial charge is 0.465 e. The maximum Gasteiger partial charge on any atom is 0.305 e. The average Bonchev–Trinajstić information content (AvgIpc) is 3.23. The molecule has 5 heteroatoms. The number of esters is 1. The summed E-state index contributed by atoms with van der Waals surface area (Å²) in [6.45, 7) is 7.03. The van der Waals surface area contributed by atoms with Gasteiger partial charge in [-0.25, -0.2) is 0 Å². The summed E-state index contributed by atoms with van der Waals surface area (Å²) in [7, 11) is 0. The third-order valence-electron chi connectivity index (χ3n) is 7.01. The van der Waals surface area contributed by atoms with E-state index in [1.807, 2.05) is 4.90 Å². The maximum atomic E-state index is 12.4. The normalized spacial score (nSPS) is 18.2. The van der Waals surface area contributed by atoms with E-state index >= 15 is 0 Å². The molecular weight excluding hydrogens is 436 g/mol. The van der Waals surface area contributed by atoms with Crippen LogP contribution in [-0.4, -0.2) is 43.0 Å². The summed E-state index contributed by atoms with van der Waals surface area (Å²) < 4.78 is 5.55. The lowest BCUT2D eigenvalue weighted by Gasteiger charge is -2.16. The Labute approximate surface area is 215 Å². The zero-order valence-electron chi connectivity index (χ0n) is 22.9. The van der Waals surface area contributed by atoms with Crippen LogP contribution in [0.2, 0.25) is 0 Å². The molecule has 0 aliphatic carbocycles. The Kier molecular flexibility index (Phi) is 19.4. The van der Waals surface area contributed by atoms with Crippen molar-refractivity contribution in [1.82, 2.24) is 4.90 Å². The van der Waals surface area contributed by atoms with E-state index in [4.69, 9.17) is 10.5 Å². The Morgan fingerprint density at radius 2 is 1.46 bits per heavy atom. The summed E-state index contributed by atoms with van der Waals surface area (Å²) >= 11 is 0. The molecule has 1 amide bonds. The molecule has 0 aromatic rings. The van der Waals surface area contributed by atoms with Crippen LogP contribution in [0.15, 0.2) is 24.3 Å². The van der Waals surface area contributed by atoms with Gasteiger partial charge in [0.2, 0.25) is 5.91 Å². The minimum absolute atomic E-state index is 0.0885. The number of unbranched alkanes of at least 4 members (excludes halogenated alkanes) is 10. The standard InChI is InChI=1S/C30H54N2O3/c1-3-4-5-6-7-8-9-10-11-12-13-14-15-16-19-22-30(34)35-26-28-25-32(24-27(28)2)29(33)21-18-17-20-23-31/h7-8,10-11,27-28H,3-6,9,12-26,31H2,1-2H3/b8-7-,11-10-/t27-,28+/m1/s1. The Morgan fingerprint density at radius 3 is 2.17 bits per heavy atom. The lowest BCUT2D eigenvalue weighted by atomic mass is 9.99. The number of carbonyl (C=O) groups is 2. The fourth-order valence-electron chi connectivity index (χ4n) is 4.56. The molecule has 202 valence electrons.